The number of nitrogens with two attached hydrogens (primary N) is 1. The summed E-state index contributed by atoms with van der Waals surface area (Å²) in [7, 11) is 0. The molecule has 0 radical (unpaired) electrons. The Morgan fingerprint density at radius 2 is 2.00 bits per heavy atom. The first kappa shape index (κ1) is 21.3. The number of hydrogen-bond acceptors (Lipinski definition) is 6. The van der Waals surface area contributed by atoms with Crippen molar-refractivity contribution in [1.82, 2.24) is 24.6 Å². The van der Waals surface area contributed by atoms with Crippen LogP contribution >= 0.6 is 11.6 Å². The van der Waals surface area contributed by atoms with E-state index < -0.39 is 17.8 Å². The molecule has 0 saturated heterocycles. The minimum Gasteiger partial charge on any atom is -0.392 e. The minimum absolute atomic E-state index is 0.0106. The van der Waals surface area contributed by atoms with Crippen molar-refractivity contribution in [2.24, 2.45) is 0 Å². The van der Waals surface area contributed by atoms with E-state index in [1.807, 2.05) is 0 Å². The second-order valence-electron chi connectivity index (χ2n) is 6.81. The average Bonchev–Trinajstić information content (AvgIpc) is 3.12. The Morgan fingerprint density at radius 1 is 1.22 bits per heavy atom. The van der Waals surface area contributed by atoms with E-state index in [2.05, 4.69) is 30.2 Å². The number of aromatic nitrogens is 5. The molecule has 3 heterocycles. The fourth-order valence-electron chi connectivity index (χ4n) is 3.19. The van der Waals surface area contributed by atoms with Gasteiger partial charge in [0.05, 0.1) is 30.1 Å². The van der Waals surface area contributed by atoms with E-state index in [0.717, 1.165) is 12.1 Å². The number of hydrogen-bond donors (Lipinski definition) is 2. The van der Waals surface area contributed by atoms with Crippen LogP contribution < -0.4 is 11.1 Å². The molecule has 0 fully saturated rings. The van der Waals surface area contributed by atoms with Crippen molar-refractivity contribution in [3.05, 3.63) is 70.6 Å². The van der Waals surface area contributed by atoms with Gasteiger partial charge in [0.1, 0.15) is 18.0 Å². The van der Waals surface area contributed by atoms with Crippen molar-refractivity contribution in [3.8, 4) is 11.3 Å². The number of benzene rings is 1. The monoisotopic (exact) mass is 458 g/mol. The first-order valence-corrected chi connectivity index (χ1v) is 9.53. The van der Waals surface area contributed by atoms with Gasteiger partial charge < -0.3 is 11.1 Å². The van der Waals surface area contributed by atoms with Crippen LogP contribution in [0.5, 0.6) is 0 Å². The zero-order valence-electron chi connectivity index (χ0n) is 16.4. The van der Waals surface area contributed by atoms with E-state index in [1.54, 1.807) is 13.0 Å². The average molecular weight is 459 g/mol. The molecule has 32 heavy (non-hydrogen) atoms. The number of alkyl halides is 3. The van der Waals surface area contributed by atoms with E-state index >= 15 is 0 Å². The fraction of sp³-hybridized carbons (Fsp3) is 0.150. The molecule has 4 rings (SSSR count). The lowest BCUT2D eigenvalue weighted by Crippen LogP contribution is -2.13. The molecule has 0 amide bonds. The highest BCUT2D eigenvalue weighted by atomic mass is 35.5. The van der Waals surface area contributed by atoms with Crippen LogP contribution in [0.25, 0.3) is 21.7 Å². The van der Waals surface area contributed by atoms with Gasteiger partial charge in [-0.3, -0.25) is 0 Å². The topological polar surface area (TPSA) is 98.4 Å². The third-order valence-corrected chi connectivity index (χ3v) is 4.98. The molecular weight excluding hydrogens is 445 g/mol. The highest BCUT2D eigenvalue weighted by Crippen LogP contribution is 2.36. The molecule has 3 N–H and O–H groups in total. The van der Waals surface area contributed by atoms with Gasteiger partial charge in [-0.05, 0) is 25.1 Å². The van der Waals surface area contributed by atoms with Crippen LogP contribution in [-0.4, -0.2) is 24.6 Å². The highest BCUT2D eigenvalue weighted by Gasteiger charge is 2.31. The molecule has 8 nitrogen and oxygen atoms in total. The van der Waals surface area contributed by atoms with Gasteiger partial charge >= 0.3 is 6.18 Å². The van der Waals surface area contributed by atoms with Crippen molar-refractivity contribution in [2.75, 3.05) is 11.1 Å². The molecule has 0 spiro atoms. The van der Waals surface area contributed by atoms with Gasteiger partial charge in [-0.1, -0.05) is 23.7 Å². The molecular formula is C20H14ClF3N8. The molecule has 0 aliphatic rings. The quantitative estimate of drug-likeness (QED) is 0.410. The predicted molar refractivity (Wildman–Crippen MR) is 113 cm³/mol. The summed E-state index contributed by atoms with van der Waals surface area (Å²) in [6.45, 7) is 9.07. The second-order valence-corrected chi connectivity index (χ2v) is 7.20. The summed E-state index contributed by atoms with van der Waals surface area (Å²) in [6, 6.07) is 5.96. The lowest BCUT2D eigenvalue weighted by Gasteiger charge is -2.20. The number of imidazole rings is 1. The Kier molecular flexibility index (Phi) is 5.31. The first-order valence-electron chi connectivity index (χ1n) is 9.15. The van der Waals surface area contributed by atoms with Crippen LogP contribution in [-0.2, 0) is 6.18 Å². The van der Waals surface area contributed by atoms with Gasteiger partial charge in [-0.15, -0.1) is 0 Å². The zero-order chi connectivity index (χ0) is 23.0. The normalized spacial score (nSPS) is 12.5. The van der Waals surface area contributed by atoms with Crippen molar-refractivity contribution < 1.29 is 13.2 Å². The lowest BCUT2D eigenvalue weighted by molar-refractivity contribution is -0.137. The van der Waals surface area contributed by atoms with Crippen LogP contribution in [0.4, 0.5) is 30.5 Å². The van der Waals surface area contributed by atoms with Crippen molar-refractivity contribution in [2.45, 2.75) is 19.1 Å². The largest absolute Gasteiger partial charge is 0.416 e. The number of halogens is 4. The van der Waals surface area contributed by atoms with E-state index in [0.29, 0.717) is 11.2 Å². The molecule has 1 aromatic carbocycles. The van der Waals surface area contributed by atoms with Crippen molar-refractivity contribution in [3.63, 3.8) is 0 Å². The number of nitrogen functional groups attached to an aromatic ring is 1. The SMILES string of the molecule is [C-]#[N+]c1c(N)ncnc1N[C@@H](C)c1cc2ncc(Cl)n2nc1-c1cccc(C(F)(F)F)c1. The van der Waals surface area contributed by atoms with E-state index in [-0.39, 0.29) is 33.7 Å². The highest BCUT2D eigenvalue weighted by molar-refractivity contribution is 6.29. The number of rotatable bonds is 4. The lowest BCUT2D eigenvalue weighted by atomic mass is 9.99. The van der Waals surface area contributed by atoms with Gasteiger partial charge in [0.2, 0.25) is 0 Å². The van der Waals surface area contributed by atoms with Gasteiger partial charge in [0, 0.05) is 11.1 Å². The maximum absolute atomic E-state index is 13.3. The number of anilines is 2. The van der Waals surface area contributed by atoms with Crippen LogP contribution in [0.3, 0.4) is 0 Å². The molecule has 4 aromatic rings. The molecule has 12 heteroatoms. The van der Waals surface area contributed by atoms with Gasteiger partial charge in [0.25, 0.3) is 5.69 Å². The molecule has 3 aromatic heterocycles. The molecule has 0 unspecified atom stereocenters. The van der Waals surface area contributed by atoms with Crippen molar-refractivity contribution in [1.29, 1.82) is 0 Å². The van der Waals surface area contributed by atoms with Gasteiger partial charge in [0.15, 0.2) is 10.8 Å². The summed E-state index contributed by atoms with van der Waals surface area (Å²) >= 11 is 6.13. The Labute approximate surface area is 184 Å². The summed E-state index contributed by atoms with van der Waals surface area (Å²) in [4.78, 5) is 15.4. The first-order chi connectivity index (χ1) is 15.2. The molecule has 0 bridgehead atoms. The minimum atomic E-state index is -4.51. The van der Waals surface area contributed by atoms with E-state index in [1.165, 1.54) is 29.2 Å². The van der Waals surface area contributed by atoms with Crippen LogP contribution in [0.1, 0.15) is 24.1 Å². The predicted octanol–water partition coefficient (Wildman–Crippen LogP) is 5.16. The Morgan fingerprint density at radius 3 is 2.72 bits per heavy atom. The summed E-state index contributed by atoms with van der Waals surface area (Å²) in [6.07, 6.45) is -1.91. The maximum Gasteiger partial charge on any atom is 0.416 e. The smallest absolute Gasteiger partial charge is 0.392 e. The molecule has 0 saturated carbocycles. The van der Waals surface area contributed by atoms with Crippen molar-refractivity contribution >= 4 is 34.6 Å². The summed E-state index contributed by atoms with van der Waals surface area (Å²) in [5.74, 6) is 0.202. The molecule has 1 atom stereocenters. The standard InChI is InChI=1S/C20H14ClF3N8/c1-10(30-19-17(26-2)18(25)28-9-29-19)13-7-15-27-8-14(21)32(15)31-16(13)11-4-3-5-12(6-11)20(22,23)24/h3-10H,1H3,(H3,25,28,29,30)/t10-/m0/s1. The van der Waals surface area contributed by atoms with Gasteiger partial charge in [-0.2, -0.15) is 18.3 Å². The van der Waals surface area contributed by atoms with Gasteiger partial charge in [-0.25, -0.2) is 24.3 Å². The third-order valence-electron chi connectivity index (χ3n) is 4.73. The van der Waals surface area contributed by atoms with Crippen LogP contribution in [0.2, 0.25) is 5.15 Å². The fourth-order valence-corrected chi connectivity index (χ4v) is 3.36. The Balaban J connectivity index is 1.86. The number of nitrogens with one attached hydrogen (secondary N) is 1. The number of fused-ring (bicyclic) bond motifs is 1. The Hall–Kier alpha value is -3.91. The molecule has 162 valence electrons. The Bertz CT molecular complexity index is 1360. The van der Waals surface area contributed by atoms with Crippen LogP contribution in [0, 0.1) is 6.57 Å². The summed E-state index contributed by atoms with van der Waals surface area (Å²) < 4.78 is 41.2. The molecule has 0 aliphatic heterocycles. The van der Waals surface area contributed by atoms with E-state index in [9.17, 15) is 13.2 Å². The van der Waals surface area contributed by atoms with E-state index in [4.69, 9.17) is 23.9 Å². The summed E-state index contributed by atoms with van der Waals surface area (Å²) in [5.41, 5.74) is 6.41. The maximum atomic E-state index is 13.3. The summed E-state index contributed by atoms with van der Waals surface area (Å²) in [5, 5.41) is 7.72. The second kappa shape index (κ2) is 7.97. The number of nitrogens with zero attached hydrogens (tertiary/aromatic N) is 6. The third kappa shape index (κ3) is 3.88. The molecule has 0 aliphatic carbocycles. The van der Waals surface area contributed by atoms with Crippen LogP contribution in [0.15, 0.2) is 42.9 Å². The zero-order valence-corrected chi connectivity index (χ0v) is 17.1.